The number of ether oxygens (including phenoxy) is 1. The minimum Gasteiger partial charge on any atom is -0.496 e. The number of hydrogen-bond acceptors (Lipinski definition) is 2. The Morgan fingerprint density at radius 2 is 1.95 bits per heavy atom. The van der Waals surface area contributed by atoms with Gasteiger partial charge in [0.15, 0.2) is 0 Å². The van der Waals surface area contributed by atoms with E-state index >= 15 is 0 Å². The highest BCUT2D eigenvalue weighted by atomic mass is 35.5. The molecule has 2 aromatic carbocycles. The third-order valence-electron chi connectivity index (χ3n) is 3.38. The van der Waals surface area contributed by atoms with Gasteiger partial charge in [0.2, 0.25) is 0 Å². The van der Waals surface area contributed by atoms with Gasteiger partial charge in [-0.3, -0.25) is 0 Å². The number of rotatable bonds is 5. The lowest BCUT2D eigenvalue weighted by atomic mass is 10.0. The molecule has 1 unspecified atom stereocenters. The Balaban J connectivity index is 2.29. The third kappa shape index (κ3) is 3.26. The zero-order chi connectivity index (χ0) is 14.5. The molecule has 0 aliphatic carbocycles. The van der Waals surface area contributed by atoms with Crippen LogP contribution < -0.4 is 10.1 Å². The van der Waals surface area contributed by atoms with Gasteiger partial charge in [0.1, 0.15) is 5.75 Å². The van der Waals surface area contributed by atoms with Gasteiger partial charge in [0, 0.05) is 5.56 Å². The molecule has 0 radical (unpaired) electrons. The summed E-state index contributed by atoms with van der Waals surface area (Å²) in [5, 5.41) is 4.25. The maximum absolute atomic E-state index is 6.30. The van der Waals surface area contributed by atoms with Crippen molar-refractivity contribution in [2.45, 2.75) is 26.3 Å². The van der Waals surface area contributed by atoms with Crippen molar-refractivity contribution in [3.63, 3.8) is 0 Å². The zero-order valence-electron chi connectivity index (χ0n) is 12.1. The predicted octanol–water partition coefficient (Wildman–Crippen LogP) is 5.22. The fraction of sp³-hybridized carbons (Fsp3) is 0.294. The number of methoxy groups -OCH3 is 1. The highest BCUT2D eigenvalue weighted by Crippen LogP contribution is 2.32. The van der Waals surface area contributed by atoms with E-state index in [1.54, 1.807) is 7.11 Å². The van der Waals surface area contributed by atoms with Crippen LogP contribution in [0, 0.1) is 6.92 Å². The van der Waals surface area contributed by atoms with Gasteiger partial charge in [-0.1, -0.05) is 42.8 Å². The fourth-order valence-corrected chi connectivity index (χ4v) is 2.57. The van der Waals surface area contributed by atoms with Gasteiger partial charge in [0.25, 0.3) is 0 Å². The maximum atomic E-state index is 6.30. The number of para-hydroxylation sites is 1. The van der Waals surface area contributed by atoms with Crippen molar-refractivity contribution >= 4 is 17.3 Å². The number of halogens is 1. The van der Waals surface area contributed by atoms with Crippen LogP contribution in [0.15, 0.2) is 42.5 Å². The third-order valence-corrected chi connectivity index (χ3v) is 3.69. The molecular weight excluding hydrogens is 270 g/mol. The van der Waals surface area contributed by atoms with Crippen LogP contribution in [-0.2, 0) is 0 Å². The summed E-state index contributed by atoms with van der Waals surface area (Å²) in [4.78, 5) is 0. The van der Waals surface area contributed by atoms with E-state index in [1.807, 2.05) is 37.3 Å². The minimum atomic E-state index is 0.173. The number of hydrogen-bond donors (Lipinski definition) is 1. The van der Waals surface area contributed by atoms with Gasteiger partial charge >= 0.3 is 0 Å². The van der Waals surface area contributed by atoms with Crippen LogP contribution in [0.5, 0.6) is 5.75 Å². The molecule has 0 saturated carbocycles. The Morgan fingerprint density at radius 1 is 1.20 bits per heavy atom. The molecule has 0 aliphatic rings. The molecule has 1 N–H and O–H groups in total. The maximum Gasteiger partial charge on any atom is 0.124 e. The van der Waals surface area contributed by atoms with Crippen molar-refractivity contribution in [1.29, 1.82) is 0 Å². The van der Waals surface area contributed by atoms with Gasteiger partial charge in [-0.05, 0) is 37.1 Å². The van der Waals surface area contributed by atoms with Gasteiger partial charge < -0.3 is 10.1 Å². The SMILES string of the molecule is CCC(Nc1ccc(C)cc1Cl)c1ccccc1OC. The number of nitrogens with one attached hydrogen (secondary N) is 1. The van der Waals surface area contributed by atoms with E-state index in [2.05, 4.69) is 24.4 Å². The fourth-order valence-electron chi connectivity index (χ4n) is 2.28. The van der Waals surface area contributed by atoms with Crippen LogP contribution in [0.1, 0.15) is 30.5 Å². The van der Waals surface area contributed by atoms with Crippen LogP contribution in [-0.4, -0.2) is 7.11 Å². The monoisotopic (exact) mass is 289 g/mol. The van der Waals surface area contributed by atoms with Crippen molar-refractivity contribution < 1.29 is 4.74 Å². The second kappa shape index (κ2) is 6.67. The Labute approximate surface area is 125 Å². The predicted molar refractivity (Wildman–Crippen MR) is 85.8 cm³/mol. The summed E-state index contributed by atoms with van der Waals surface area (Å²) in [5.41, 5.74) is 3.26. The van der Waals surface area contributed by atoms with E-state index in [9.17, 15) is 0 Å². The minimum absolute atomic E-state index is 0.173. The first kappa shape index (κ1) is 14.7. The summed E-state index contributed by atoms with van der Waals surface area (Å²) in [7, 11) is 1.70. The second-order valence-electron chi connectivity index (χ2n) is 4.83. The van der Waals surface area contributed by atoms with Crippen molar-refractivity contribution in [3.8, 4) is 5.75 Å². The second-order valence-corrected chi connectivity index (χ2v) is 5.24. The van der Waals surface area contributed by atoms with Gasteiger partial charge in [-0.15, -0.1) is 0 Å². The molecule has 2 aromatic rings. The van der Waals surface area contributed by atoms with E-state index in [4.69, 9.17) is 16.3 Å². The van der Waals surface area contributed by atoms with Gasteiger partial charge in [-0.2, -0.15) is 0 Å². The summed E-state index contributed by atoms with van der Waals surface area (Å²) in [6.07, 6.45) is 0.949. The molecule has 0 fully saturated rings. The Morgan fingerprint density at radius 3 is 2.60 bits per heavy atom. The van der Waals surface area contributed by atoms with Crippen molar-refractivity contribution in [2.24, 2.45) is 0 Å². The normalized spacial score (nSPS) is 12.0. The number of benzene rings is 2. The Bertz CT molecular complexity index is 583. The highest BCUT2D eigenvalue weighted by Gasteiger charge is 2.14. The molecule has 3 heteroatoms. The lowest BCUT2D eigenvalue weighted by molar-refractivity contribution is 0.406. The molecule has 1 atom stereocenters. The van der Waals surface area contributed by atoms with Crippen LogP contribution in [0.25, 0.3) is 0 Å². The molecule has 0 aliphatic heterocycles. The molecule has 0 amide bonds. The topological polar surface area (TPSA) is 21.3 Å². The largest absolute Gasteiger partial charge is 0.496 e. The number of aryl methyl sites for hydroxylation is 1. The Hall–Kier alpha value is -1.67. The lowest BCUT2D eigenvalue weighted by Gasteiger charge is -2.21. The van der Waals surface area contributed by atoms with E-state index in [0.29, 0.717) is 0 Å². The molecule has 106 valence electrons. The molecule has 0 bridgehead atoms. The molecular formula is C17H20ClNO. The summed E-state index contributed by atoms with van der Waals surface area (Å²) in [6.45, 7) is 4.18. The average molecular weight is 290 g/mol. The standard InChI is InChI=1S/C17H20ClNO/c1-4-15(13-7-5-6-8-17(13)20-3)19-16-10-9-12(2)11-14(16)18/h5-11,15,19H,4H2,1-3H3. The van der Waals surface area contributed by atoms with Crippen LogP contribution >= 0.6 is 11.6 Å². The highest BCUT2D eigenvalue weighted by molar-refractivity contribution is 6.33. The summed E-state index contributed by atoms with van der Waals surface area (Å²) < 4.78 is 5.44. The van der Waals surface area contributed by atoms with E-state index in [0.717, 1.165) is 34.0 Å². The van der Waals surface area contributed by atoms with E-state index in [-0.39, 0.29) is 6.04 Å². The van der Waals surface area contributed by atoms with E-state index in [1.165, 1.54) is 0 Å². The first-order valence-corrected chi connectivity index (χ1v) is 7.19. The molecule has 20 heavy (non-hydrogen) atoms. The van der Waals surface area contributed by atoms with Gasteiger partial charge in [-0.25, -0.2) is 0 Å². The summed E-state index contributed by atoms with van der Waals surface area (Å²) >= 11 is 6.30. The zero-order valence-corrected chi connectivity index (χ0v) is 12.9. The van der Waals surface area contributed by atoms with Crippen molar-refractivity contribution in [3.05, 3.63) is 58.6 Å². The smallest absolute Gasteiger partial charge is 0.124 e. The van der Waals surface area contributed by atoms with Crippen LogP contribution in [0.3, 0.4) is 0 Å². The van der Waals surface area contributed by atoms with Crippen LogP contribution in [0.4, 0.5) is 5.69 Å². The Kier molecular flexibility index (Phi) is 4.91. The summed E-state index contributed by atoms with van der Waals surface area (Å²) in [5.74, 6) is 0.898. The first-order valence-electron chi connectivity index (χ1n) is 6.81. The molecule has 2 nitrogen and oxygen atoms in total. The van der Waals surface area contributed by atoms with Crippen molar-refractivity contribution in [1.82, 2.24) is 0 Å². The molecule has 0 spiro atoms. The quantitative estimate of drug-likeness (QED) is 0.815. The van der Waals surface area contributed by atoms with Crippen molar-refractivity contribution in [2.75, 3.05) is 12.4 Å². The number of anilines is 1. The molecule has 0 heterocycles. The van der Waals surface area contributed by atoms with Crippen LogP contribution in [0.2, 0.25) is 5.02 Å². The lowest BCUT2D eigenvalue weighted by Crippen LogP contribution is -2.11. The molecule has 0 saturated heterocycles. The molecule has 0 aromatic heterocycles. The van der Waals surface area contributed by atoms with E-state index < -0.39 is 0 Å². The average Bonchev–Trinajstić information content (AvgIpc) is 2.46. The summed E-state index contributed by atoms with van der Waals surface area (Å²) in [6, 6.07) is 14.3. The first-order chi connectivity index (χ1) is 9.65. The molecule has 2 rings (SSSR count). The van der Waals surface area contributed by atoms with Gasteiger partial charge in [0.05, 0.1) is 23.9 Å².